The van der Waals surface area contributed by atoms with Gasteiger partial charge in [0, 0.05) is 0 Å². The molecule has 0 radical (unpaired) electrons. The van der Waals surface area contributed by atoms with E-state index in [1.54, 1.807) is 0 Å². The van der Waals surface area contributed by atoms with Crippen molar-refractivity contribution in [3.8, 4) is 0 Å². The van der Waals surface area contributed by atoms with Gasteiger partial charge in [-0.1, -0.05) is 6.58 Å². The minimum Gasteiger partial charge on any atom is -0.478 e. The molecule has 4 nitrogen and oxygen atoms in total. The van der Waals surface area contributed by atoms with Crippen LogP contribution in [0.4, 0.5) is 0 Å². The van der Waals surface area contributed by atoms with Crippen LogP contribution < -0.4 is 0 Å². The second kappa shape index (κ2) is 3.65. The van der Waals surface area contributed by atoms with Crippen LogP contribution in [-0.4, -0.2) is 22.6 Å². The fraction of sp³-hybridized carbons (Fsp3) is 0.286. The lowest BCUT2D eigenvalue weighted by Gasteiger charge is -1.94. The number of hydrogen-bond donors (Lipinski definition) is 1. The summed E-state index contributed by atoms with van der Waals surface area (Å²) in [6.07, 6.45) is -0.384. The molecule has 4 heteroatoms. The molecule has 11 heavy (non-hydrogen) atoms. The molecule has 0 bridgehead atoms. The van der Waals surface area contributed by atoms with Crippen molar-refractivity contribution in [1.29, 1.82) is 0 Å². The molecule has 0 aliphatic carbocycles. The van der Waals surface area contributed by atoms with Gasteiger partial charge in [0.2, 0.25) is 0 Å². The predicted molar refractivity (Wildman–Crippen MR) is 37.1 cm³/mol. The van der Waals surface area contributed by atoms with Gasteiger partial charge in [-0.3, -0.25) is 9.59 Å². The molecule has 0 aromatic carbocycles. The molecular formula is C7H8O4. The fourth-order valence-electron chi connectivity index (χ4n) is 0.452. The Balaban J connectivity index is 4.16. The van der Waals surface area contributed by atoms with Crippen LogP contribution in [0.3, 0.4) is 0 Å². The zero-order valence-electron chi connectivity index (χ0n) is 6.09. The largest absolute Gasteiger partial charge is 0.478 e. The summed E-state index contributed by atoms with van der Waals surface area (Å²) in [5.74, 6) is -2.47. The van der Waals surface area contributed by atoms with E-state index in [1.165, 1.54) is 6.92 Å². The lowest BCUT2D eigenvalue weighted by molar-refractivity contribution is -0.134. The second-order valence-electron chi connectivity index (χ2n) is 2.09. The van der Waals surface area contributed by atoms with Crippen LogP contribution in [0.25, 0.3) is 0 Å². The van der Waals surface area contributed by atoms with Gasteiger partial charge in [-0.05, 0) is 6.92 Å². The van der Waals surface area contributed by atoms with Gasteiger partial charge in [-0.2, -0.15) is 0 Å². The number of Topliss-reactive ketones (excluding diaryl/α,β-unsaturated/α-hetero) is 2. The quantitative estimate of drug-likeness (QED) is 0.358. The molecule has 60 valence electrons. The fourth-order valence-corrected chi connectivity index (χ4v) is 0.452. The standard InChI is InChI=1S/C7H8O4/c1-4(8)3-6(9)5(2)7(10)11/h2-3H2,1H3,(H,10,11). The molecule has 0 atom stereocenters. The first-order chi connectivity index (χ1) is 4.95. The van der Waals surface area contributed by atoms with Gasteiger partial charge < -0.3 is 5.11 Å². The van der Waals surface area contributed by atoms with Crippen LogP contribution in [0.5, 0.6) is 0 Å². The summed E-state index contributed by atoms with van der Waals surface area (Å²) in [5.41, 5.74) is -0.541. The summed E-state index contributed by atoms with van der Waals surface area (Å²) in [5, 5.41) is 8.23. The zero-order chi connectivity index (χ0) is 9.02. The van der Waals surface area contributed by atoms with Crippen molar-refractivity contribution in [3.63, 3.8) is 0 Å². The summed E-state index contributed by atoms with van der Waals surface area (Å²) in [6, 6.07) is 0. The molecule has 0 amide bonds. The number of ketones is 2. The van der Waals surface area contributed by atoms with Gasteiger partial charge in [0.15, 0.2) is 5.78 Å². The van der Waals surface area contributed by atoms with Crippen molar-refractivity contribution < 1.29 is 19.5 Å². The average Bonchev–Trinajstić information content (AvgIpc) is 1.84. The Kier molecular flexibility index (Phi) is 3.17. The minimum atomic E-state index is -1.38. The van der Waals surface area contributed by atoms with Crippen molar-refractivity contribution in [2.24, 2.45) is 0 Å². The van der Waals surface area contributed by atoms with E-state index in [1.807, 2.05) is 0 Å². The van der Waals surface area contributed by atoms with E-state index in [-0.39, 0.29) is 12.2 Å². The minimum absolute atomic E-state index is 0.364. The molecule has 0 saturated carbocycles. The summed E-state index contributed by atoms with van der Waals surface area (Å²) in [7, 11) is 0. The smallest absolute Gasteiger partial charge is 0.338 e. The number of carboxylic acids is 1. The van der Waals surface area contributed by atoms with E-state index in [2.05, 4.69) is 6.58 Å². The van der Waals surface area contributed by atoms with Crippen LogP contribution >= 0.6 is 0 Å². The third-order valence-corrected chi connectivity index (χ3v) is 1.00. The first-order valence-corrected chi connectivity index (χ1v) is 2.90. The van der Waals surface area contributed by atoms with Crippen molar-refractivity contribution in [1.82, 2.24) is 0 Å². The molecule has 0 fully saturated rings. The highest BCUT2D eigenvalue weighted by molar-refractivity contribution is 6.20. The first-order valence-electron chi connectivity index (χ1n) is 2.90. The highest BCUT2D eigenvalue weighted by atomic mass is 16.4. The maximum Gasteiger partial charge on any atom is 0.338 e. The van der Waals surface area contributed by atoms with E-state index in [0.29, 0.717) is 0 Å². The Morgan fingerprint density at radius 2 is 1.82 bits per heavy atom. The van der Waals surface area contributed by atoms with Crippen molar-refractivity contribution >= 4 is 17.5 Å². The van der Waals surface area contributed by atoms with Crippen LogP contribution in [-0.2, 0) is 14.4 Å². The van der Waals surface area contributed by atoms with Crippen LogP contribution in [0.15, 0.2) is 12.2 Å². The molecule has 0 saturated heterocycles. The lowest BCUT2D eigenvalue weighted by Crippen LogP contribution is -2.13. The summed E-state index contributed by atoms with van der Waals surface area (Å²) >= 11 is 0. The molecule has 0 unspecified atom stereocenters. The van der Waals surface area contributed by atoms with E-state index in [4.69, 9.17) is 5.11 Å². The van der Waals surface area contributed by atoms with Crippen LogP contribution in [0.2, 0.25) is 0 Å². The monoisotopic (exact) mass is 156 g/mol. The SMILES string of the molecule is C=C(C(=O)O)C(=O)CC(C)=O. The van der Waals surface area contributed by atoms with E-state index >= 15 is 0 Å². The number of carbonyl (C=O) groups is 3. The predicted octanol–water partition coefficient (Wildman–Crippen LogP) is 0.175. The normalized spacial score (nSPS) is 8.82. The van der Waals surface area contributed by atoms with Gasteiger partial charge in [0.05, 0.1) is 12.0 Å². The van der Waals surface area contributed by atoms with Crippen molar-refractivity contribution in [3.05, 3.63) is 12.2 Å². The number of rotatable bonds is 4. The first kappa shape index (κ1) is 9.55. The number of carbonyl (C=O) groups excluding carboxylic acids is 2. The molecule has 0 rings (SSSR count). The lowest BCUT2D eigenvalue weighted by atomic mass is 10.1. The maximum atomic E-state index is 10.7. The van der Waals surface area contributed by atoms with E-state index in [0.717, 1.165) is 0 Å². The van der Waals surface area contributed by atoms with Crippen molar-refractivity contribution in [2.45, 2.75) is 13.3 Å². The summed E-state index contributed by atoms with van der Waals surface area (Å²) in [4.78, 5) is 31.1. The zero-order valence-corrected chi connectivity index (χ0v) is 6.09. The molecule has 0 aliphatic rings. The van der Waals surface area contributed by atoms with Gasteiger partial charge in [-0.25, -0.2) is 4.79 Å². The third kappa shape index (κ3) is 3.30. The number of hydrogen-bond acceptors (Lipinski definition) is 3. The van der Waals surface area contributed by atoms with Gasteiger partial charge >= 0.3 is 5.97 Å². The number of aliphatic carboxylic acids is 1. The summed E-state index contributed by atoms with van der Waals surface area (Å²) in [6.45, 7) is 4.22. The molecule has 1 N–H and O–H groups in total. The average molecular weight is 156 g/mol. The molecule has 0 spiro atoms. The van der Waals surface area contributed by atoms with Crippen molar-refractivity contribution in [2.75, 3.05) is 0 Å². The Labute approximate surface area is 63.5 Å². The maximum absolute atomic E-state index is 10.7. The van der Waals surface area contributed by atoms with Crippen LogP contribution in [0.1, 0.15) is 13.3 Å². The Hall–Kier alpha value is -1.45. The third-order valence-electron chi connectivity index (χ3n) is 1.00. The topological polar surface area (TPSA) is 71.4 Å². The second-order valence-corrected chi connectivity index (χ2v) is 2.09. The highest BCUT2D eigenvalue weighted by Crippen LogP contribution is 1.97. The van der Waals surface area contributed by atoms with Gasteiger partial charge in [-0.15, -0.1) is 0 Å². The summed E-state index contributed by atoms with van der Waals surface area (Å²) < 4.78 is 0. The molecule has 0 heterocycles. The Bertz CT molecular complexity index is 227. The van der Waals surface area contributed by atoms with Gasteiger partial charge in [0.1, 0.15) is 5.78 Å². The highest BCUT2D eigenvalue weighted by Gasteiger charge is 2.15. The molecular weight excluding hydrogens is 148 g/mol. The van der Waals surface area contributed by atoms with E-state index < -0.39 is 17.3 Å². The molecule has 0 aromatic rings. The number of carboxylic acid groups (broad SMARTS) is 1. The Morgan fingerprint density at radius 1 is 1.36 bits per heavy atom. The Morgan fingerprint density at radius 3 is 2.09 bits per heavy atom. The molecule has 0 aromatic heterocycles. The van der Waals surface area contributed by atoms with Gasteiger partial charge in [0.25, 0.3) is 0 Å². The van der Waals surface area contributed by atoms with Crippen LogP contribution in [0, 0.1) is 0 Å². The van der Waals surface area contributed by atoms with E-state index in [9.17, 15) is 14.4 Å². The molecule has 0 aliphatic heterocycles.